The van der Waals surface area contributed by atoms with Crippen LogP contribution in [0.25, 0.3) is 0 Å². The summed E-state index contributed by atoms with van der Waals surface area (Å²) in [5.74, 6) is 0.509. The van der Waals surface area contributed by atoms with Crippen molar-refractivity contribution < 1.29 is 5.11 Å². The zero-order chi connectivity index (χ0) is 6.85. The first-order valence-electron chi connectivity index (χ1n) is 2.58. The van der Waals surface area contributed by atoms with Gasteiger partial charge in [0.2, 0.25) is 0 Å². The first kappa shape index (κ1) is 6.12. The molecule has 0 saturated heterocycles. The molecule has 6 N–H and O–H groups in total. The Hall–Kier alpha value is -1.00. The summed E-state index contributed by atoms with van der Waals surface area (Å²) in [6.07, 6.45) is -0.956. The fraction of sp³-hybridized carbons (Fsp3) is 0.200. The Morgan fingerprint density at radius 2 is 2.22 bits per heavy atom. The summed E-state index contributed by atoms with van der Waals surface area (Å²) in [5, 5.41) is 8.73. The number of aromatic amines is 1. The molecule has 1 heterocycles. The summed E-state index contributed by atoms with van der Waals surface area (Å²) < 4.78 is 0. The van der Waals surface area contributed by atoms with Gasteiger partial charge < -0.3 is 21.6 Å². The summed E-state index contributed by atoms with van der Waals surface area (Å²) in [5.41, 5.74) is 10.9. The molecule has 1 unspecified atom stereocenters. The van der Waals surface area contributed by atoms with Gasteiger partial charge in [-0.05, 0) is 12.1 Å². The van der Waals surface area contributed by atoms with Crippen molar-refractivity contribution in [3.63, 3.8) is 0 Å². The third-order valence-electron chi connectivity index (χ3n) is 1.05. The Labute approximate surface area is 52.5 Å². The van der Waals surface area contributed by atoms with Crippen LogP contribution in [0.4, 0.5) is 5.82 Å². The van der Waals surface area contributed by atoms with Crippen LogP contribution in [0.5, 0.6) is 0 Å². The topological polar surface area (TPSA) is 88.1 Å². The quantitative estimate of drug-likeness (QED) is 0.385. The minimum absolute atomic E-state index is 0.509. The van der Waals surface area contributed by atoms with Crippen molar-refractivity contribution in [3.05, 3.63) is 17.8 Å². The smallest absolute Gasteiger partial charge is 0.143 e. The fourth-order valence-corrected chi connectivity index (χ4v) is 0.602. The number of aliphatic hydroxyl groups excluding tert-OH is 1. The number of nitrogen functional groups attached to an aromatic ring is 1. The first-order chi connectivity index (χ1) is 4.20. The van der Waals surface area contributed by atoms with Crippen molar-refractivity contribution in [2.75, 3.05) is 5.73 Å². The van der Waals surface area contributed by atoms with E-state index < -0.39 is 6.23 Å². The van der Waals surface area contributed by atoms with E-state index in [1.54, 1.807) is 12.1 Å². The monoisotopic (exact) mass is 127 g/mol. The van der Waals surface area contributed by atoms with E-state index in [0.29, 0.717) is 11.5 Å². The molecular formula is C5H9N3O. The molecule has 0 radical (unpaired) electrons. The predicted octanol–water partition coefficient (Wildman–Crippen LogP) is -0.454. The second-order valence-corrected chi connectivity index (χ2v) is 1.81. The lowest BCUT2D eigenvalue weighted by Crippen LogP contribution is -2.08. The lowest BCUT2D eigenvalue weighted by atomic mass is 10.4. The Bertz CT molecular complexity index is 194. The third kappa shape index (κ3) is 1.22. The largest absolute Gasteiger partial charge is 0.385 e. The maximum Gasteiger partial charge on any atom is 0.143 e. The lowest BCUT2D eigenvalue weighted by Gasteiger charge is -1.97. The highest BCUT2D eigenvalue weighted by atomic mass is 16.3. The highest BCUT2D eigenvalue weighted by Gasteiger charge is 2.00. The number of hydrogen-bond donors (Lipinski definition) is 4. The van der Waals surface area contributed by atoms with Crippen LogP contribution in [0.3, 0.4) is 0 Å². The number of H-pyrrole nitrogens is 1. The van der Waals surface area contributed by atoms with Gasteiger partial charge in [-0.25, -0.2) is 0 Å². The lowest BCUT2D eigenvalue weighted by molar-refractivity contribution is 0.182. The minimum Gasteiger partial charge on any atom is -0.385 e. The molecule has 50 valence electrons. The molecule has 0 saturated carbocycles. The number of aromatic nitrogens is 1. The Morgan fingerprint density at radius 3 is 2.44 bits per heavy atom. The molecule has 0 amide bonds. The van der Waals surface area contributed by atoms with Gasteiger partial charge in [0.15, 0.2) is 0 Å². The molecule has 9 heavy (non-hydrogen) atoms. The maximum absolute atomic E-state index is 8.73. The van der Waals surface area contributed by atoms with Gasteiger partial charge in [0.05, 0.1) is 5.69 Å². The molecule has 0 bridgehead atoms. The van der Waals surface area contributed by atoms with Crippen molar-refractivity contribution in [2.24, 2.45) is 5.73 Å². The van der Waals surface area contributed by atoms with Crippen molar-refractivity contribution in [3.8, 4) is 0 Å². The van der Waals surface area contributed by atoms with Crippen LogP contribution in [-0.2, 0) is 0 Å². The van der Waals surface area contributed by atoms with Crippen LogP contribution >= 0.6 is 0 Å². The molecule has 1 rings (SSSR count). The number of nitrogens with two attached hydrogens (primary N) is 2. The molecule has 1 aromatic heterocycles. The van der Waals surface area contributed by atoms with E-state index in [0.717, 1.165) is 0 Å². The molecule has 0 aliphatic rings. The molecule has 0 aliphatic carbocycles. The number of hydrogen-bond acceptors (Lipinski definition) is 3. The zero-order valence-corrected chi connectivity index (χ0v) is 4.83. The third-order valence-corrected chi connectivity index (χ3v) is 1.05. The average Bonchev–Trinajstić information content (AvgIpc) is 2.14. The minimum atomic E-state index is -0.956. The van der Waals surface area contributed by atoms with Crippen molar-refractivity contribution in [2.45, 2.75) is 6.23 Å². The highest BCUT2D eigenvalue weighted by molar-refractivity contribution is 5.31. The van der Waals surface area contributed by atoms with Gasteiger partial charge >= 0.3 is 0 Å². The van der Waals surface area contributed by atoms with Crippen LogP contribution in [0.1, 0.15) is 11.9 Å². The summed E-state index contributed by atoms with van der Waals surface area (Å²) in [6.45, 7) is 0. The summed E-state index contributed by atoms with van der Waals surface area (Å²) in [4.78, 5) is 2.68. The van der Waals surface area contributed by atoms with E-state index in [1.165, 1.54) is 0 Å². The van der Waals surface area contributed by atoms with Gasteiger partial charge in [-0.2, -0.15) is 0 Å². The number of anilines is 1. The van der Waals surface area contributed by atoms with Crippen LogP contribution in [0, 0.1) is 0 Å². The molecule has 4 heteroatoms. The predicted molar refractivity (Wildman–Crippen MR) is 34.4 cm³/mol. The Kier molecular flexibility index (Phi) is 1.42. The average molecular weight is 127 g/mol. The van der Waals surface area contributed by atoms with Crippen molar-refractivity contribution in [1.82, 2.24) is 4.98 Å². The van der Waals surface area contributed by atoms with E-state index in [4.69, 9.17) is 16.6 Å². The summed E-state index contributed by atoms with van der Waals surface area (Å²) in [7, 11) is 0. The number of nitrogens with one attached hydrogen (secondary N) is 1. The Morgan fingerprint density at radius 1 is 1.56 bits per heavy atom. The van der Waals surface area contributed by atoms with E-state index in [9.17, 15) is 0 Å². The maximum atomic E-state index is 8.73. The van der Waals surface area contributed by atoms with Gasteiger partial charge in [0.25, 0.3) is 0 Å². The van der Waals surface area contributed by atoms with Crippen LogP contribution in [0.15, 0.2) is 12.1 Å². The molecule has 1 aromatic rings. The van der Waals surface area contributed by atoms with E-state index in [-0.39, 0.29) is 0 Å². The normalized spacial score (nSPS) is 13.6. The zero-order valence-electron chi connectivity index (χ0n) is 4.83. The van der Waals surface area contributed by atoms with Gasteiger partial charge in [0, 0.05) is 0 Å². The van der Waals surface area contributed by atoms with E-state index in [1.807, 2.05) is 0 Å². The number of aliphatic hydroxyl groups is 1. The van der Waals surface area contributed by atoms with Crippen LogP contribution < -0.4 is 11.5 Å². The molecule has 0 aliphatic heterocycles. The van der Waals surface area contributed by atoms with Gasteiger partial charge in [-0.3, -0.25) is 0 Å². The standard InChI is InChI=1S/C5H9N3O/c6-4-2-1-3(8-4)5(7)9/h1-2,5,8-9H,6-7H2. The molecule has 0 fully saturated rings. The van der Waals surface area contributed by atoms with Crippen molar-refractivity contribution >= 4 is 5.82 Å². The molecule has 4 nitrogen and oxygen atoms in total. The number of rotatable bonds is 1. The van der Waals surface area contributed by atoms with E-state index in [2.05, 4.69) is 4.98 Å². The van der Waals surface area contributed by atoms with Crippen molar-refractivity contribution in [1.29, 1.82) is 0 Å². The van der Waals surface area contributed by atoms with Crippen LogP contribution in [-0.4, -0.2) is 10.1 Å². The summed E-state index contributed by atoms with van der Waals surface area (Å²) in [6, 6.07) is 3.28. The second-order valence-electron chi connectivity index (χ2n) is 1.81. The SMILES string of the molecule is Nc1ccc(C(N)O)[nH]1. The van der Waals surface area contributed by atoms with E-state index >= 15 is 0 Å². The molecule has 0 aromatic carbocycles. The molecular weight excluding hydrogens is 118 g/mol. The molecule has 0 spiro atoms. The summed E-state index contributed by atoms with van der Waals surface area (Å²) >= 11 is 0. The Balaban J connectivity index is 2.85. The van der Waals surface area contributed by atoms with Crippen LogP contribution in [0.2, 0.25) is 0 Å². The second kappa shape index (κ2) is 2.08. The van der Waals surface area contributed by atoms with Gasteiger partial charge in [-0.1, -0.05) is 0 Å². The molecule has 1 atom stereocenters. The first-order valence-corrected chi connectivity index (χ1v) is 2.58. The fourth-order valence-electron chi connectivity index (χ4n) is 0.602. The van der Waals surface area contributed by atoms with Gasteiger partial charge in [-0.15, -0.1) is 0 Å². The van der Waals surface area contributed by atoms with Gasteiger partial charge in [0.1, 0.15) is 12.0 Å². The highest BCUT2D eigenvalue weighted by Crippen LogP contribution is 2.07.